The molecule has 0 aliphatic rings. The normalized spacial score (nSPS) is 9.58. The van der Waals surface area contributed by atoms with E-state index in [2.05, 4.69) is 4.29 Å². The van der Waals surface area contributed by atoms with Crippen molar-refractivity contribution in [1.82, 2.24) is 0 Å². The Kier molecular flexibility index (Phi) is 2.60. The molecule has 0 spiro atoms. The molecule has 64 valence electrons. The summed E-state index contributed by atoms with van der Waals surface area (Å²) in [6, 6.07) is 2.30. The van der Waals surface area contributed by atoms with E-state index >= 15 is 0 Å². The Hall–Kier alpha value is -1.16. The van der Waals surface area contributed by atoms with Crippen molar-refractivity contribution in [2.45, 2.75) is 0 Å². The summed E-state index contributed by atoms with van der Waals surface area (Å²) in [5.41, 5.74) is -0.262. The van der Waals surface area contributed by atoms with Gasteiger partial charge in [0.25, 0.3) is 0 Å². The Morgan fingerprint density at radius 3 is 2.17 bits per heavy atom. The van der Waals surface area contributed by atoms with Gasteiger partial charge in [-0.2, -0.15) is 0 Å². The number of hydrogen-bond acceptors (Lipinski definition) is 2. The van der Waals surface area contributed by atoms with E-state index in [-0.39, 0.29) is 5.56 Å². The fourth-order valence-electron chi connectivity index (χ4n) is 0.716. The summed E-state index contributed by atoms with van der Waals surface area (Å²) in [7, 11) is 0. The first-order chi connectivity index (χ1) is 5.63. The predicted octanol–water partition coefficient (Wildman–Crippen LogP) is 2.28. The van der Waals surface area contributed by atoms with Gasteiger partial charge in [-0.3, -0.25) is 0 Å². The maximum absolute atomic E-state index is 12.4. The highest BCUT2D eigenvalue weighted by molar-refractivity contribution is 6.15. The molecule has 1 aromatic carbocycles. The van der Waals surface area contributed by atoms with Crippen LogP contribution in [0.1, 0.15) is 10.4 Å². The van der Waals surface area contributed by atoms with Crippen LogP contribution in [0.4, 0.5) is 8.78 Å². The van der Waals surface area contributed by atoms with Crippen molar-refractivity contribution in [1.29, 1.82) is 0 Å². The number of halogens is 3. The van der Waals surface area contributed by atoms with Crippen molar-refractivity contribution in [2.24, 2.45) is 0 Å². The molecule has 0 aliphatic carbocycles. The minimum atomic E-state index is -0.991. The zero-order valence-electron chi connectivity index (χ0n) is 5.68. The molecule has 1 aromatic rings. The van der Waals surface area contributed by atoms with Crippen LogP contribution in [0.15, 0.2) is 18.2 Å². The first kappa shape index (κ1) is 8.93. The Morgan fingerprint density at radius 1 is 1.25 bits per heavy atom. The number of rotatable bonds is 1. The topological polar surface area (TPSA) is 26.3 Å². The average molecular weight is 193 g/mol. The third kappa shape index (κ3) is 1.92. The molecule has 12 heavy (non-hydrogen) atoms. The van der Waals surface area contributed by atoms with E-state index in [0.717, 1.165) is 12.1 Å². The van der Waals surface area contributed by atoms with Crippen LogP contribution in [-0.4, -0.2) is 5.97 Å². The van der Waals surface area contributed by atoms with Gasteiger partial charge in [0.2, 0.25) is 0 Å². The van der Waals surface area contributed by atoms with E-state index in [4.69, 9.17) is 11.9 Å². The maximum atomic E-state index is 12.4. The number of carbonyl (C=O) groups is 1. The first-order valence-corrected chi connectivity index (χ1v) is 3.23. The smallest absolute Gasteiger partial charge is 0.343 e. The van der Waals surface area contributed by atoms with Gasteiger partial charge < -0.3 is 4.29 Å². The maximum Gasteiger partial charge on any atom is 0.356 e. The van der Waals surface area contributed by atoms with Crippen LogP contribution >= 0.6 is 11.9 Å². The predicted molar refractivity (Wildman–Crippen MR) is 37.6 cm³/mol. The van der Waals surface area contributed by atoms with Crippen LogP contribution in [-0.2, 0) is 4.29 Å². The van der Waals surface area contributed by atoms with Crippen molar-refractivity contribution in [3.63, 3.8) is 0 Å². The monoisotopic (exact) mass is 192 g/mol. The number of carbonyl (C=O) groups excluding carboxylic acids is 1. The highest BCUT2D eigenvalue weighted by atomic mass is 35.5. The van der Waals surface area contributed by atoms with Gasteiger partial charge in [-0.25, -0.2) is 13.6 Å². The van der Waals surface area contributed by atoms with Crippen molar-refractivity contribution >= 4 is 17.8 Å². The van der Waals surface area contributed by atoms with Gasteiger partial charge in [-0.15, -0.1) is 0 Å². The van der Waals surface area contributed by atoms with Crippen LogP contribution in [0.2, 0.25) is 0 Å². The number of benzene rings is 1. The lowest BCUT2D eigenvalue weighted by molar-refractivity contribution is 0.0750. The molecule has 0 aliphatic heterocycles. The molecular weight excluding hydrogens is 190 g/mol. The Balaban J connectivity index is 3.08. The molecule has 0 unspecified atom stereocenters. The van der Waals surface area contributed by atoms with Crippen molar-refractivity contribution in [2.75, 3.05) is 0 Å². The van der Waals surface area contributed by atoms with Gasteiger partial charge in [-0.1, -0.05) is 0 Å². The molecular formula is C7H3ClF2O2. The Labute approximate surface area is 71.9 Å². The summed E-state index contributed by atoms with van der Waals surface area (Å²) in [4.78, 5) is 10.6. The standard InChI is InChI=1S/C7H3ClF2O2/c8-12-7(11)4-1-5(9)3-6(10)2-4/h1-3H. The van der Waals surface area contributed by atoms with E-state index in [0.29, 0.717) is 6.07 Å². The van der Waals surface area contributed by atoms with Crippen LogP contribution in [0.25, 0.3) is 0 Å². The van der Waals surface area contributed by atoms with E-state index in [9.17, 15) is 13.6 Å². The lowest BCUT2D eigenvalue weighted by atomic mass is 10.2. The molecule has 0 bridgehead atoms. The van der Waals surface area contributed by atoms with Crippen LogP contribution in [0, 0.1) is 11.6 Å². The van der Waals surface area contributed by atoms with Gasteiger partial charge >= 0.3 is 5.97 Å². The fourth-order valence-corrected chi connectivity index (χ4v) is 0.805. The summed E-state index contributed by atoms with van der Waals surface area (Å²) < 4.78 is 28.6. The molecule has 0 atom stereocenters. The number of hydrogen-bond donors (Lipinski definition) is 0. The molecule has 0 amide bonds. The highest BCUT2D eigenvalue weighted by Crippen LogP contribution is 2.09. The van der Waals surface area contributed by atoms with Crippen molar-refractivity contribution in [3.8, 4) is 0 Å². The van der Waals surface area contributed by atoms with E-state index in [1.165, 1.54) is 0 Å². The lowest BCUT2D eigenvalue weighted by Gasteiger charge is -1.96. The SMILES string of the molecule is O=C(OCl)c1cc(F)cc(F)c1. The van der Waals surface area contributed by atoms with E-state index in [1.54, 1.807) is 0 Å². The Bertz CT molecular complexity index is 294. The van der Waals surface area contributed by atoms with Crippen molar-refractivity contribution in [3.05, 3.63) is 35.4 Å². The summed E-state index contributed by atoms with van der Waals surface area (Å²) in [6.45, 7) is 0. The molecule has 5 heteroatoms. The second kappa shape index (κ2) is 3.49. The van der Waals surface area contributed by atoms with Gasteiger partial charge in [0.15, 0.2) is 0 Å². The van der Waals surface area contributed by atoms with Gasteiger partial charge in [0, 0.05) is 6.07 Å². The summed E-state index contributed by atoms with van der Waals surface area (Å²) >= 11 is 4.70. The first-order valence-electron chi connectivity index (χ1n) is 2.92. The van der Waals surface area contributed by atoms with Crippen molar-refractivity contribution < 1.29 is 17.9 Å². The minimum Gasteiger partial charge on any atom is -0.343 e. The summed E-state index contributed by atoms with van der Waals surface area (Å²) in [5, 5.41) is 0. The zero-order valence-corrected chi connectivity index (χ0v) is 6.44. The average Bonchev–Trinajstić information content (AvgIpc) is 2.01. The summed E-state index contributed by atoms with van der Waals surface area (Å²) in [5.74, 6) is -2.70. The lowest BCUT2D eigenvalue weighted by Crippen LogP contribution is -1.99. The molecule has 1 rings (SSSR count). The third-order valence-corrected chi connectivity index (χ3v) is 1.31. The van der Waals surface area contributed by atoms with Crippen LogP contribution in [0.5, 0.6) is 0 Å². The molecule has 0 heterocycles. The van der Waals surface area contributed by atoms with Gasteiger partial charge in [-0.05, 0) is 12.1 Å². The fraction of sp³-hybridized carbons (Fsp3) is 0. The zero-order chi connectivity index (χ0) is 9.14. The van der Waals surface area contributed by atoms with Crippen LogP contribution < -0.4 is 0 Å². The quantitative estimate of drug-likeness (QED) is 0.682. The van der Waals surface area contributed by atoms with Gasteiger partial charge in [0.05, 0.1) is 5.56 Å². The Morgan fingerprint density at radius 2 is 1.75 bits per heavy atom. The minimum absolute atomic E-state index is 0.262. The second-order valence-electron chi connectivity index (χ2n) is 2.02. The molecule has 0 radical (unpaired) electrons. The van der Waals surface area contributed by atoms with E-state index < -0.39 is 17.6 Å². The largest absolute Gasteiger partial charge is 0.356 e. The van der Waals surface area contributed by atoms with Gasteiger partial charge in [0.1, 0.15) is 23.5 Å². The summed E-state index contributed by atoms with van der Waals surface area (Å²) in [6.07, 6.45) is 0. The molecule has 0 saturated carbocycles. The molecule has 2 nitrogen and oxygen atoms in total. The molecule has 0 saturated heterocycles. The molecule has 0 aromatic heterocycles. The highest BCUT2D eigenvalue weighted by Gasteiger charge is 2.09. The second-order valence-corrected chi connectivity index (χ2v) is 2.18. The molecule has 0 fully saturated rings. The molecule has 0 N–H and O–H groups in total. The van der Waals surface area contributed by atoms with Crippen LogP contribution in [0.3, 0.4) is 0 Å². The van der Waals surface area contributed by atoms with E-state index in [1.807, 2.05) is 0 Å². The third-order valence-electron chi connectivity index (χ3n) is 1.17.